The number of hydrogen-bond donors (Lipinski definition) is 1. The van der Waals surface area contributed by atoms with Crippen LogP contribution in [0.3, 0.4) is 0 Å². The van der Waals surface area contributed by atoms with Crippen molar-refractivity contribution in [3.63, 3.8) is 0 Å². The zero-order valence-corrected chi connectivity index (χ0v) is 9.71. The van der Waals surface area contributed by atoms with Crippen LogP contribution in [0.15, 0.2) is 29.5 Å². The summed E-state index contributed by atoms with van der Waals surface area (Å²) in [4.78, 5) is 9.06. The van der Waals surface area contributed by atoms with Gasteiger partial charge >= 0.3 is 12.2 Å². The number of carbonyl (C=O) groups is 1. The predicted molar refractivity (Wildman–Crippen MR) is 52.1 cm³/mol. The van der Waals surface area contributed by atoms with Crippen LogP contribution in [0.2, 0.25) is 0 Å². The molecule has 0 aliphatic heterocycles. The lowest BCUT2D eigenvalue weighted by molar-refractivity contribution is -0.600. The van der Waals surface area contributed by atoms with Crippen LogP contribution < -0.4 is 10.1 Å². The fourth-order valence-electron chi connectivity index (χ4n) is 1.27. The highest BCUT2D eigenvalue weighted by Crippen LogP contribution is 2.40. The van der Waals surface area contributed by atoms with Gasteiger partial charge in [-0.25, -0.2) is 0 Å². The van der Waals surface area contributed by atoms with E-state index in [4.69, 9.17) is 5.21 Å². The third-order valence-electron chi connectivity index (χ3n) is 2.20. The Balaban J connectivity index is 3.37. The number of carbonyl (C=O) groups excluding carboxylic acids is 1. The molecule has 0 saturated heterocycles. The summed E-state index contributed by atoms with van der Waals surface area (Å²) >= 11 is 0. The third-order valence-corrected chi connectivity index (χ3v) is 2.20. The number of hydrogen-bond acceptors (Lipinski definition) is 4. The van der Waals surface area contributed by atoms with E-state index in [0.717, 1.165) is 0 Å². The van der Waals surface area contributed by atoms with Crippen molar-refractivity contribution in [2.24, 2.45) is 5.28 Å². The SMILES string of the molecule is O=C([O-])c1ccc(N(/[N+]([O-])=N/O)C(F)(F)C(F)(F)F)cc1. The van der Waals surface area contributed by atoms with E-state index in [-0.39, 0.29) is 0 Å². The monoisotopic (exact) mass is 314 g/mol. The summed E-state index contributed by atoms with van der Waals surface area (Å²) in [7, 11) is 0. The largest absolute Gasteiger partial charge is 0.568 e. The lowest BCUT2D eigenvalue weighted by Gasteiger charge is -2.27. The minimum atomic E-state index is -6.16. The molecule has 1 N–H and O–H groups in total. The molecule has 0 saturated carbocycles. The van der Waals surface area contributed by atoms with Crippen LogP contribution >= 0.6 is 0 Å². The van der Waals surface area contributed by atoms with Crippen molar-refractivity contribution in [2.75, 3.05) is 5.01 Å². The molecule has 1 aromatic carbocycles. The first kappa shape index (κ1) is 16.4. The second-order valence-corrected chi connectivity index (χ2v) is 3.53. The summed E-state index contributed by atoms with van der Waals surface area (Å²) in [5.74, 6) is -1.71. The Labute approximate surface area is 112 Å². The van der Waals surface area contributed by atoms with Crippen molar-refractivity contribution in [1.29, 1.82) is 0 Å². The Morgan fingerprint density at radius 2 is 1.67 bits per heavy atom. The average Bonchev–Trinajstić information content (AvgIpc) is 2.37. The van der Waals surface area contributed by atoms with E-state index in [1.165, 1.54) is 0 Å². The second-order valence-electron chi connectivity index (χ2n) is 3.53. The summed E-state index contributed by atoms with van der Waals surface area (Å²) in [6, 6.07) is -3.46. The Bertz CT molecular complexity index is 557. The first-order chi connectivity index (χ1) is 9.52. The number of halogens is 5. The van der Waals surface area contributed by atoms with Crippen molar-refractivity contribution >= 4 is 11.7 Å². The van der Waals surface area contributed by atoms with Gasteiger partial charge in [-0.2, -0.15) is 22.0 Å². The van der Waals surface area contributed by atoms with Crippen LogP contribution in [0, 0.1) is 5.21 Å². The maximum atomic E-state index is 13.2. The van der Waals surface area contributed by atoms with Crippen LogP contribution in [0.4, 0.5) is 27.6 Å². The van der Waals surface area contributed by atoms with E-state index < -0.39 is 39.4 Å². The molecule has 7 nitrogen and oxygen atoms in total. The third kappa shape index (κ3) is 3.09. The van der Waals surface area contributed by atoms with Crippen molar-refractivity contribution in [2.45, 2.75) is 12.2 Å². The molecule has 0 unspecified atom stereocenters. The van der Waals surface area contributed by atoms with Gasteiger partial charge in [-0.1, -0.05) is 12.1 Å². The Morgan fingerprint density at radius 3 is 2.00 bits per heavy atom. The van der Waals surface area contributed by atoms with Crippen molar-refractivity contribution in [3.8, 4) is 0 Å². The topological polar surface area (TPSA) is 102 Å². The van der Waals surface area contributed by atoms with Crippen LogP contribution in [0.5, 0.6) is 0 Å². The Kier molecular flexibility index (Phi) is 4.20. The number of alkyl halides is 5. The minimum absolute atomic E-state index is 0.487. The van der Waals surface area contributed by atoms with Crippen molar-refractivity contribution < 1.29 is 42.0 Å². The summed E-state index contributed by atoms with van der Waals surface area (Å²) in [5, 5.41) is 30.0. The van der Waals surface area contributed by atoms with Crippen molar-refractivity contribution in [1.82, 2.24) is 0 Å². The molecule has 0 radical (unpaired) electrons. The smallest absolute Gasteiger partial charge is 0.481 e. The molecular weight excluding hydrogens is 309 g/mol. The Hall–Kier alpha value is -2.66. The number of carboxylic acids is 1. The summed E-state index contributed by atoms with van der Waals surface area (Å²) < 4.78 is 63.3. The maximum Gasteiger partial charge on any atom is 0.481 e. The number of rotatable bonds is 4. The molecule has 0 spiro atoms. The van der Waals surface area contributed by atoms with E-state index in [0.29, 0.717) is 24.3 Å². The van der Waals surface area contributed by atoms with E-state index in [9.17, 15) is 37.1 Å². The quantitative estimate of drug-likeness (QED) is 0.296. The molecule has 0 atom stereocenters. The number of hydrazine groups is 1. The maximum absolute atomic E-state index is 13.2. The Morgan fingerprint density at radius 1 is 1.19 bits per heavy atom. The molecule has 0 fully saturated rings. The van der Waals surface area contributed by atoms with Gasteiger partial charge in [0.15, 0.2) is 0 Å². The van der Waals surface area contributed by atoms with Gasteiger partial charge in [0.1, 0.15) is 5.69 Å². The van der Waals surface area contributed by atoms with Gasteiger partial charge in [-0.3, -0.25) is 0 Å². The van der Waals surface area contributed by atoms with E-state index in [1.54, 1.807) is 5.28 Å². The summed E-state index contributed by atoms with van der Waals surface area (Å²) in [6.07, 6.45) is -6.16. The second kappa shape index (κ2) is 5.38. The summed E-state index contributed by atoms with van der Waals surface area (Å²) in [6.45, 7) is 0. The van der Waals surface area contributed by atoms with E-state index in [2.05, 4.69) is 0 Å². The number of aromatic carboxylic acids is 1. The molecule has 21 heavy (non-hydrogen) atoms. The minimum Gasteiger partial charge on any atom is -0.568 e. The lowest BCUT2D eigenvalue weighted by Crippen LogP contribution is -2.55. The van der Waals surface area contributed by atoms with Gasteiger partial charge < -0.3 is 20.3 Å². The standard InChI is InChI=1S/C9H6F5N3O4/c10-8(11,12)9(13,14)16(17(21)15-20)6-3-1-5(2-4-6)7(18)19/h1-4,20H,(H,18,19)/p-1/b17-15-. The fourth-order valence-corrected chi connectivity index (χ4v) is 1.27. The van der Waals surface area contributed by atoms with Crippen molar-refractivity contribution in [3.05, 3.63) is 35.0 Å². The molecule has 1 aromatic rings. The molecule has 0 heterocycles. The van der Waals surface area contributed by atoms with Gasteiger partial charge in [0.05, 0.1) is 10.9 Å². The zero-order valence-electron chi connectivity index (χ0n) is 9.71. The van der Waals surface area contributed by atoms with Gasteiger partial charge in [0, 0.05) is 0 Å². The highest BCUT2D eigenvalue weighted by atomic mass is 19.4. The van der Waals surface area contributed by atoms with Gasteiger partial charge in [0.25, 0.3) is 0 Å². The number of nitrogens with zero attached hydrogens (tertiary/aromatic N) is 3. The lowest BCUT2D eigenvalue weighted by atomic mass is 10.2. The molecule has 116 valence electrons. The van der Waals surface area contributed by atoms with Crippen LogP contribution in [-0.2, 0) is 0 Å². The number of anilines is 1. The highest BCUT2D eigenvalue weighted by Gasteiger charge is 2.67. The molecule has 0 amide bonds. The fraction of sp³-hybridized carbons (Fsp3) is 0.222. The highest BCUT2D eigenvalue weighted by molar-refractivity contribution is 5.86. The van der Waals surface area contributed by atoms with Crippen LogP contribution in [0.25, 0.3) is 0 Å². The molecule has 0 aromatic heterocycles. The first-order valence-corrected chi connectivity index (χ1v) is 4.90. The summed E-state index contributed by atoms with van der Waals surface area (Å²) in [5.41, 5.74) is -1.58. The molecule has 0 bridgehead atoms. The van der Waals surface area contributed by atoms with E-state index >= 15 is 0 Å². The predicted octanol–water partition coefficient (Wildman–Crippen LogP) is 1.28. The van der Waals surface area contributed by atoms with Gasteiger partial charge in [-0.15, -0.1) is 0 Å². The van der Waals surface area contributed by atoms with Crippen LogP contribution in [0.1, 0.15) is 10.4 Å². The molecular formula is C9H5F5N3O4-. The van der Waals surface area contributed by atoms with E-state index in [1.807, 2.05) is 0 Å². The first-order valence-electron chi connectivity index (χ1n) is 4.90. The molecule has 12 heteroatoms. The number of carboxylic acid groups (broad SMARTS) is 1. The molecule has 1 rings (SSSR count). The van der Waals surface area contributed by atoms with Gasteiger partial charge in [0.2, 0.25) is 5.28 Å². The van der Waals surface area contributed by atoms with Crippen LogP contribution in [-0.4, -0.2) is 28.4 Å². The molecule has 0 aliphatic carbocycles. The number of benzene rings is 1. The normalized spacial score (nSPS) is 13.1. The average molecular weight is 314 g/mol. The van der Waals surface area contributed by atoms with Gasteiger partial charge in [-0.05, 0) is 22.7 Å². The zero-order chi connectivity index (χ0) is 16.4. The molecule has 0 aliphatic rings.